The number of hydrogen-bond donors (Lipinski definition) is 1. The molecule has 0 spiro atoms. The maximum Gasteiger partial charge on any atom is 0.216 e. The van der Waals surface area contributed by atoms with Crippen molar-refractivity contribution in [3.63, 3.8) is 0 Å². The minimum atomic E-state index is -3.66. The fraction of sp³-hybridized carbons (Fsp3) is 0.400. The normalized spacial score (nSPS) is 18.6. The van der Waals surface area contributed by atoms with Gasteiger partial charge < -0.3 is 4.74 Å². The van der Waals surface area contributed by atoms with Crippen LogP contribution in [0.4, 0.5) is 0 Å². The first-order valence-corrected chi connectivity index (χ1v) is 11.4. The van der Waals surface area contributed by atoms with Crippen LogP contribution >= 0.6 is 23.2 Å². The summed E-state index contributed by atoms with van der Waals surface area (Å²) in [6, 6.07) is 12.2. The van der Waals surface area contributed by atoms with E-state index < -0.39 is 10.0 Å². The highest BCUT2D eigenvalue weighted by atomic mass is 35.5. The molecule has 2 aromatic carbocycles. The molecule has 1 atom stereocenters. The summed E-state index contributed by atoms with van der Waals surface area (Å²) in [5.41, 5.74) is 0.874. The molecule has 1 unspecified atom stereocenters. The van der Waals surface area contributed by atoms with E-state index in [1.165, 1.54) is 0 Å². The smallest absolute Gasteiger partial charge is 0.216 e. The van der Waals surface area contributed by atoms with Crippen LogP contribution in [0, 0.1) is 0 Å². The Bertz CT molecular complexity index is 906. The van der Waals surface area contributed by atoms with E-state index >= 15 is 0 Å². The lowest BCUT2D eigenvalue weighted by atomic mass is 9.84. The summed E-state index contributed by atoms with van der Waals surface area (Å²) in [6.07, 6.45) is 2.17. The molecule has 0 saturated carbocycles. The van der Waals surface area contributed by atoms with Crippen LogP contribution in [0.2, 0.25) is 10.0 Å². The van der Waals surface area contributed by atoms with Gasteiger partial charge in [-0.2, -0.15) is 0 Å². The molecule has 3 rings (SSSR count). The van der Waals surface area contributed by atoms with Gasteiger partial charge in [-0.05, 0) is 31.0 Å². The molecule has 0 aliphatic carbocycles. The summed E-state index contributed by atoms with van der Waals surface area (Å²) in [4.78, 5) is 0. The van der Waals surface area contributed by atoms with E-state index in [0.29, 0.717) is 22.0 Å². The molecule has 4 nitrogen and oxygen atoms in total. The highest BCUT2D eigenvalue weighted by molar-refractivity contribution is 7.88. The first-order chi connectivity index (χ1) is 12.8. The Balaban J connectivity index is 1.91. The van der Waals surface area contributed by atoms with Crippen molar-refractivity contribution >= 4 is 33.2 Å². The van der Waals surface area contributed by atoms with Gasteiger partial charge in [0.15, 0.2) is 0 Å². The van der Waals surface area contributed by atoms with Gasteiger partial charge in [0.25, 0.3) is 0 Å². The summed E-state index contributed by atoms with van der Waals surface area (Å²) < 4.78 is 34.9. The highest BCUT2D eigenvalue weighted by Crippen LogP contribution is 2.43. The van der Waals surface area contributed by atoms with E-state index in [4.69, 9.17) is 27.9 Å². The monoisotopic (exact) mass is 427 g/mol. The largest absolute Gasteiger partial charge is 0.487 e. The second-order valence-electron chi connectivity index (χ2n) is 6.86. The lowest BCUT2D eigenvalue weighted by Crippen LogP contribution is -2.44. The maximum absolute atomic E-state index is 12.9. The zero-order valence-electron chi connectivity index (χ0n) is 15.3. The average Bonchev–Trinajstić information content (AvgIpc) is 2.64. The van der Waals surface area contributed by atoms with E-state index in [1.54, 1.807) is 18.2 Å². The van der Waals surface area contributed by atoms with Crippen LogP contribution < -0.4 is 9.46 Å². The summed E-state index contributed by atoms with van der Waals surface area (Å²) in [5.74, 6) is 0.465. The quantitative estimate of drug-likeness (QED) is 0.662. The molecule has 7 heteroatoms. The molecular formula is C20H23Cl2NO3S. The van der Waals surface area contributed by atoms with Crippen LogP contribution in [0.25, 0.3) is 0 Å². The first kappa shape index (κ1) is 20.5. The number of ether oxygens (including phenoxy) is 1. The maximum atomic E-state index is 12.9. The molecular weight excluding hydrogens is 405 g/mol. The number of para-hydroxylation sites is 1. The lowest BCUT2D eigenvalue weighted by Gasteiger charge is -2.41. The van der Waals surface area contributed by atoms with Gasteiger partial charge in [-0.1, -0.05) is 61.3 Å². The third kappa shape index (κ3) is 4.43. The number of halogens is 2. The van der Waals surface area contributed by atoms with E-state index in [1.807, 2.05) is 24.3 Å². The van der Waals surface area contributed by atoms with Crippen LogP contribution in [-0.4, -0.2) is 14.0 Å². The second-order valence-corrected chi connectivity index (χ2v) is 9.43. The lowest BCUT2D eigenvalue weighted by molar-refractivity contribution is 0.0260. The number of fused-ring (bicyclic) bond motifs is 1. The van der Waals surface area contributed by atoms with Crippen LogP contribution in [0.1, 0.15) is 50.3 Å². The molecule has 1 aliphatic heterocycles. The highest BCUT2D eigenvalue weighted by Gasteiger charge is 2.39. The van der Waals surface area contributed by atoms with Gasteiger partial charge in [0.05, 0.1) is 11.8 Å². The fourth-order valence-corrected chi connectivity index (χ4v) is 5.63. The molecule has 146 valence electrons. The Morgan fingerprint density at radius 1 is 1.07 bits per heavy atom. The van der Waals surface area contributed by atoms with Crippen molar-refractivity contribution in [1.29, 1.82) is 0 Å². The molecule has 0 saturated heterocycles. The predicted octanol–water partition coefficient (Wildman–Crippen LogP) is 5.50. The molecule has 0 bridgehead atoms. The topological polar surface area (TPSA) is 55.4 Å². The summed E-state index contributed by atoms with van der Waals surface area (Å²) in [5, 5.41) is 0.688. The molecule has 0 radical (unpaired) electrons. The van der Waals surface area contributed by atoms with Crippen LogP contribution in [0.5, 0.6) is 5.75 Å². The second kappa shape index (κ2) is 8.00. The standard InChI is InChI=1S/C20H23Cl2NO3S/c1-3-20(4-2)12-18(14-8-5-6-11-19(14)26-20)23-27(24,25)13-15-16(21)9-7-10-17(15)22/h5-11,18,23H,3-4,12-13H2,1-2H3. The molecule has 0 amide bonds. The Morgan fingerprint density at radius 2 is 1.70 bits per heavy atom. The number of benzene rings is 2. The van der Waals surface area contributed by atoms with Gasteiger partial charge in [0, 0.05) is 27.6 Å². The Morgan fingerprint density at radius 3 is 2.33 bits per heavy atom. The third-order valence-electron chi connectivity index (χ3n) is 5.20. The van der Waals surface area contributed by atoms with E-state index in [0.717, 1.165) is 24.2 Å². The van der Waals surface area contributed by atoms with Crippen LogP contribution in [0.15, 0.2) is 42.5 Å². The summed E-state index contributed by atoms with van der Waals surface area (Å²) in [6.45, 7) is 4.12. The molecule has 27 heavy (non-hydrogen) atoms. The molecule has 1 N–H and O–H groups in total. The summed E-state index contributed by atoms with van der Waals surface area (Å²) >= 11 is 12.3. The van der Waals surface area contributed by atoms with Crippen molar-refractivity contribution in [1.82, 2.24) is 4.72 Å². The van der Waals surface area contributed by atoms with Crippen LogP contribution in [-0.2, 0) is 15.8 Å². The van der Waals surface area contributed by atoms with Gasteiger partial charge in [-0.25, -0.2) is 13.1 Å². The van der Waals surface area contributed by atoms with Crippen molar-refractivity contribution in [3.05, 3.63) is 63.6 Å². The van der Waals surface area contributed by atoms with Gasteiger partial charge >= 0.3 is 0 Å². The van der Waals surface area contributed by atoms with Gasteiger partial charge in [-0.3, -0.25) is 0 Å². The first-order valence-electron chi connectivity index (χ1n) is 9.00. The third-order valence-corrected chi connectivity index (χ3v) is 7.22. The minimum absolute atomic E-state index is 0.268. The molecule has 0 fully saturated rings. The van der Waals surface area contributed by atoms with Crippen molar-refractivity contribution in [2.45, 2.75) is 50.5 Å². The molecule has 1 aliphatic rings. The molecule has 2 aromatic rings. The predicted molar refractivity (Wildman–Crippen MR) is 110 cm³/mol. The number of rotatable bonds is 6. The zero-order chi connectivity index (χ0) is 19.7. The zero-order valence-corrected chi connectivity index (χ0v) is 17.7. The SMILES string of the molecule is CCC1(CC)CC(NS(=O)(=O)Cc2c(Cl)cccc2Cl)c2ccccc2O1. The average molecular weight is 428 g/mol. The fourth-order valence-electron chi connectivity index (χ4n) is 3.53. The Kier molecular flexibility index (Phi) is 6.06. The Hall–Kier alpha value is -1.27. The van der Waals surface area contributed by atoms with Gasteiger partial charge in [-0.15, -0.1) is 0 Å². The van der Waals surface area contributed by atoms with Gasteiger partial charge in [0.2, 0.25) is 10.0 Å². The number of sulfonamides is 1. The molecule has 1 heterocycles. The van der Waals surface area contributed by atoms with Crippen molar-refractivity contribution < 1.29 is 13.2 Å². The van der Waals surface area contributed by atoms with E-state index in [-0.39, 0.29) is 17.4 Å². The van der Waals surface area contributed by atoms with Crippen molar-refractivity contribution in [3.8, 4) is 5.75 Å². The van der Waals surface area contributed by atoms with Crippen LogP contribution in [0.3, 0.4) is 0 Å². The summed E-state index contributed by atoms with van der Waals surface area (Å²) in [7, 11) is -3.66. The minimum Gasteiger partial charge on any atom is -0.487 e. The van der Waals surface area contributed by atoms with Crippen molar-refractivity contribution in [2.24, 2.45) is 0 Å². The Labute approximate surface area is 170 Å². The van der Waals surface area contributed by atoms with Crippen molar-refractivity contribution in [2.75, 3.05) is 0 Å². The van der Waals surface area contributed by atoms with Gasteiger partial charge in [0.1, 0.15) is 11.4 Å². The molecule has 0 aromatic heterocycles. The number of hydrogen-bond acceptors (Lipinski definition) is 3. The van der Waals surface area contributed by atoms with E-state index in [9.17, 15) is 8.42 Å². The number of nitrogens with one attached hydrogen (secondary N) is 1. The van der Waals surface area contributed by atoms with E-state index in [2.05, 4.69) is 18.6 Å².